The van der Waals surface area contributed by atoms with Crippen molar-refractivity contribution in [2.24, 2.45) is 0 Å². The summed E-state index contributed by atoms with van der Waals surface area (Å²) in [7, 11) is -2.44. The third kappa shape index (κ3) is 6.87. The van der Waals surface area contributed by atoms with Gasteiger partial charge in [0.05, 0.1) is 16.4 Å². The molecule has 0 bridgehead atoms. The molecule has 1 saturated heterocycles. The fraction of sp³-hybridized carbons (Fsp3) is 0.455. The third-order valence-corrected chi connectivity index (χ3v) is 7.31. The number of methoxy groups -OCH3 is 1. The number of benzene rings is 2. The molecule has 0 amide bonds. The Morgan fingerprint density at radius 3 is 2.55 bits per heavy atom. The second-order valence-electron chi connectivity index (χ2n) is 8.13. The number of ether oxygens (including phenoxy) is 1. The van der Waals surface area contributed by atoms with Crippen molar-refractivity contribution in [2.75, 3.05) is 44.8 Å². The van der Waals surface area contributed by atoms with E-state index in [4.69, 9.17) is 16.3 Å². The molecule has 0 unspecified atom stereocenters. The third-order valence-electron chi connectivity index (χ3n) is 5.48. The molecule has 0 saturated carbocycles. The summed E-state index contributed by atoms with van der Waals surface area (Å²) in [5.41, 5.74) is 1.37. The molecule has 1 aliphatic heterocycles. The normalized spacial score (nSPS) is 16.4. The zero-order chi connectivity index (χ0) is 24.0. The Morgan fingerprint density at radius 1 is 1.15 bits per heavy atom. The lowest BCUT2D eigenvalue weighted by molar-refractivity contribution is -0.384. The predicted octanol–water partition coefficient (Wildman–Crippen LogP) is 3.27. The molecule has 1 aliphatic rings. The van der Waals surface area contributed by atoms with E-state index in [0.29, 0.717) is 23.8 Å². The van der Waals surface area contributed by atoms with Crippen LogP contribution in [-0.2, 0) is 21.3 Å². The van der Waals surface area contributed by atoms with Crippen molar-refractivity contribution in [3.8, 4) is 0 Å². The second-order valence-corrected chi connectivity index (χ2v) is 10.3. The van der Waals surface area contributed by atoms with Crippen LogP contribution in [0.15, 0.2) is 47.4 Å². The Morgan fingerprint density at radius 2 is 1.88 bits per heavy atom. The van der Waals surface area contributed by atoms with Gasteiger partial charge in [-0.2, -0.15) is 0 Å². The van der Waals surface area contributed by atoms with Crippen LogP contribution in [0.4, 0.5) is 11.4 Å². The minimum Gasteiger partial charge on any atom is -0.383 e. The van der Waals surface area contributed by atoms with Crippen molar-refractivity contribution in [1.82, 2.24) is 9.62 Å². The molecule has 0 spiro atoms. The number of hydrogen-bond acceptors (Lipinski definition) is 7. The monoisotopic (exact) mass is 496 g/mol. The molecule has 0 aromatic heterocycles. The molecule has 0 aliphatic carbocycles. The maximum Gasteiger partial charge on any atom is 0.293 e. The van der Waals surface area contributed by atoms with Gasteiger partial charge in [-0.15, -0.1) is 0 Å². The zero-order valence-electron chi connectivity index (χ0n) is 18.7. The van der Waals surface area contributed by atoms with E-state index < -0.39 is 21.0 Å². The lowest BCUT2D eigenvalue weighted by Crippen LogP contribution is -2.35. The predicted molar refractivity (Wildman–Crippen MR) is 128 cm³/mol. The fourth-order valence-corrected chi connectivity index (χ4v) is 5.29. The van der Waals surface area contributed by atoms with Crippen LogP contribution in [0.25, 0.3) is 0 Å². The van der Waals surface area contributed by atoms with Gasteiger partial charge in [0.2, 0.25) is 10.0 Å². The summed E-state index contributed by atoms with van der Waals surface area (Å²) in [6.07, 6.45) is 0.834. The molecule has 11 heteroatoms. The highest BCUT2D eigenvalue weighted by Crippen LogP contribution is 2.31. The lowest BCUT2D eigenvalue weighted by atomic mass is 10.2. The number of hydrogen-bond donors (Lipinski definition) is 1. The number of nitro benzene ring substituents is 1. The first-order chi connectivity index (χ1) is 15.7. The quantitative estimate of drug-likeness (QED) is 0.419. The van der Waals surface area contributed by atoms with Gasteiger partial charge >= 0.3 is 0 Å². The number of halogens is 1. The second kappa shape index (κ2) is 11.3. The van der Waals surface area contributed by atoms with Crippen LogP contribution >= 0.6 is 11.6 Å². The van der Waals surface area contributed by atoms with Crippen LogP contribution in [0.3, 0.4) is 0 Å². The van der Waals surface area contributed by atoms with Crippen molar-refractivity contribution >= 4 is 33.0 Å². The highest BCUT2D eigenvalue weighted by molar-refractivity contribution is 7.89. The smallest absolute Gasteiger partial charge is 0.293 e. The van der Waals surface area contributed by atoms with E-state index in [1.54, 1.807) is 6.92 Å². The van der Waals surface area contributed by atoms with Crippen LogP contribution in [0.2, 0.25) is 5.02 Å². The maximum atomic E-state index is 12.7. The van der Waals surface area contributed by atoms with E-state index in [1.807, 2.05) is 29.2 Å². The Bertz CT molecular complexity index is 1060. The van der Waals surface area contributed by atoms with Crippen LogP contribution < -0.4 is 9.62 Å². The van der Waals surface area contributed by atoms with Gasteiger partial charge in [0.25, 0.3) is 5.69 Å². The largest absolute Gasteiger partial charge is 0.383 e. The summed E-state index contributed by atoms with van der Waals surface area (Å²) < 4.78 is 32.7. The number of sulfonamides is 1. The fourth-order valence-electron chi connectivity index (χ4n) is 3.92. The standard InChI is InChI=1S/C22H29ClN4O5S/c1-17(16-32-2)24-33(30,31)20-8-9-21(22(14-20)27(28)29)26-11-3-10-25(12-13-26)15-18-4-6-19(23)7-5-18/h4-9,14,17,24H,3,10-13,15-16H2,1-2H3/t17-/m1/s1. The number of rotatable bonds is 9. The molecule has 2 aromatic rings. The molecule has 3 rings (SSSR count). The van der Waals surface area contributed by atoms with Crippen LogP contribution in [0.1, 0.15) is 18.9 Å². The highest BCUT2D eigenvalue weighted by atomic mass is 35.5. The molecule has 2 aromatic carbocycles. The van der Waals surface area contributed by atoms with E-state index in [9.17, 15) is 18.5 Å². The summed E-state index contributed by atoms with van der Waals surface area (Å²) in [5.74, 6) is 0. The molecule has 1 atom stereocenters. The topological polar surface area (TPSA) is 105 Å². The van der Waals surface area contributed by atoms with Crippen molar-refractivity contribution in [3.05, 3.63) is 63.2 Å². The summed E-state index contributed by atoms with van der Waals surface area (Å²) in [4.78, 5) is 15.4. The molecule has 33 heavy (non-hydrogen) atoms. The lowest BCUT2D eigenvalue weighted by Gasteiger charge is -2.24. The van der Waals surface area contributed by atoms with E-state index in [1.165, 1.54) is 19.2 Å². The summed E-state index contributed by atoms with van der Waals surface area (Å²) >= 11 is 5.96. The average Bonchev–Trinajstić information content (AvgIpc) is 3.00. The molecule has 1 N–H and O–H groups in total. The first-order valence-corrected chi connectivity index (χ1v) is 12.6. The summed E-state index contributed by atoms with van der Waals surface area (Å²) in [5, 5.41) is 12.5. The molecule has 9 nitrogen and oxygen atoms in total. The van der Waals surface area contributed by atoms with Gasteiger partial charge in [0, 0.05) is 57.0 Å². The van der Waals surface area contributed by atoms with Gasteiger partial charge in [-0.25, -0.2) is 13.1 Å². The maximum absolute atomic E-state index is 12.7. The number of anilines is 1. The van der Waals surface area contributed by atoms with Gasteiger partial charge in [0.1, 0.15) is 5.69 Å². The first kappa shape index (κ1) is 25.4. The molecule has 0 radical (unpaired) electrons. The van der Waals surface area contributed by atoms with Crippen molar-refractivity contribution in [1.29, 1.82) is 0 Å². The van der Waals surface area contributed by atoms with Crippen molar-refractivity contribution in [2.45, 2.75) is 30.8 Å². The van der Waals surface area contributed by atoms with Crippen LogP contribution in [-0.4, -0.2) is 64.2 Å². The summed E-state index contributed by atoms with van der Waals surface area (Å²) in [6.45, 7) is 5.47. The van der Waals surface area contributed by atoms with Gasteiger partial charge in [-0.1, -0.05) is 23.7 Å². The average molecular weight is 497 g/mol. The van der Waals surface area contributed by atoms with Gasteiger partial charge in [0.15, 0.2) is 0 Å². The molecule has 1 fully saturated rings. The molecular weight excluding hydrogens is 468 g/mol. The van der Waals surface area contributed by atoms with E-state index in [0.717, 1.165) is 37.7 Å². The highest BCUT2D eigenvalue weighted by Gasteiger charge is 2.26. The molecular formula is C22H29ClN4O5S. The Balaban J connectivity index is 1.75. The SMILES string of the molecule is COC[C@@H](C)NS(=O)(=O)c1ccc(N2CCCN(Cc3ccc(Cl)cc3)CC2)c([N+](=O)[O-])c1. The molecule has 180 valence electrons. The van der Waals surface area contributed by atoms with Gasteiger partial charge in [-0.05, 0) is 43.2 Å². The zero-order valence-corrected chi connectivity index (χ0v) is 20.3. The number of nitrogens with zero attached hydrogens (tertiary/aromatic N) is 3. The van der Waals surface area contributed by atoms with Crippen LogP contribution in [0.5, 0.6) is 0 Å². The Hall–Kier alpha value is -2.24. The van der Waals surface area contributed by atoms with Crippen molar-refractivity contribution in [3.63, 3.8) is 0 Å². The van der Waals surface area contributed by atoms with Gasteiger partial charge < -0.3 is 9.64 Å². The Kier molecular flexibility index (Phi) is 8.66. The first-order valence-electron chi connectivity index (χ1n) is 10.7. The van der Waals surface area contributed by atoms with Crippen molar-refractivity contribution < 1.29 is 18.1 Å². The minimum absolute atomic E-state index is 0.139. The number of nitrogens with one attached hydrogen (secondary N) is 1. The minimum atomic E-state index is -3.91. The Labute approximate surface area is 199 Å². The van der Waals surface area contributed by atoms with E-state index in [2.05, 4.69) is 9.62 Å². The van der Waals surface area contributed by atoms with Crippen LogP contribution in [0, 0.1) is 10.1 Å². The number of nitro groups is 1. The summed E-state index contributed by atoms with van der Waals surface area (Å²) in [6, 6.07) is 11.3. The molecule has 1 heterocycles. The van der Waals surface area contributed by atoms with E-state index in [-0.39, 0.29) is 17.2 Å². The van der Waals surface area contributed by atoms with E-state index >= 15 is 0 Å². The van der Waals surface area contributed by atoms with Gasteiger partial charge in [-0.3, -0.25) is 15.0 Å².